The molecule has 4 aliphatic heterocycles. The zero-order valence-electron chi connectivity index (χ0n) is 36.9. The van der Waals surface area contributed by atoms with Crippen LogP contribution in [0.25, 0.3) is 33.4 Å². The van der Waals surface area contributed by atoms with Gasteiger partial charge in [0.05, 0.1) is 43.6 Å². The minimum Gasteiger partial charge on any atom is -0.493 e. The topological polar surface area (TPSA) is 166 Å². The molecule has 3 aromatic carbocycles. The summed E-state index contributed by atoms with van der Waals surface area (Å²) < 4.78 is 26.3. The van der Waals surface area contributed by atoms with Crippen molar-refractivity contribution in [2.75, 3.05) is 85.6 Å². The number of likely N-dealkylation sites (tertiary alicyclic amines) is 2. The molecule has 336 valence electrons. The number of rotatable bonds is 15. The number of hydrogen-bond donors (Lipinski definition) is 3. The molecule has 15 heteroatoms. The van der Waals surface area contributed by atoms with Gasteiger partial charge in [0.15, 0.2) is 0 Å². The Bertz CT molecular complexity index is 2580. The van der Waals surface area contributed by atoms with Gasteiger partial charge >= 0.3 is 12.0 Å². The van der Waals surface area contributed by atoms with Crippen molar-refractivity contribution in [3.05, 3.63) is 101 Å². The van der Waals surface area contributed by atoms with E-state index in [1.54, 1.807) is 12.1 Å². The van der Waals surface area contributed by atoms with E-state index >= 15 is 0 Å². The van der Waals surface area contributed by atoms with E-state index in [9.17, 15) is 24.3 Å². The molecular formula is C49H57N6O9+. The first-order valence-electron chi connectivity index (χ1n) is 22.0. The van der Waals surface area contributed by atoms with Gasteiger partial charge in [-0.3, -0.25) is 9.59 Å². The fourth-order valence-electron chi connectivity index (χ4n) is 8.69. The van der Waals surface area contributed by atoms with Gasteiger partial charge in [0, 0.05) is 98.2 Å². The monoisotopic (exact) mass is 873 g/mol. The predicted molar refractivity (Wildman–Crippen MR) is 243 cm³/mol. The van der Waals surface area contributed by atoms with Crippen LogP contribution in [0.3, 0.4) is 0 Å². The number of urea groups is 1. The summed E-state index contributed by atoms with van der Waals surface area (Å²) in [5.41, 5.74) is 4.81. The van der Waals surface area contributed by atoms with Gasteiger partial charge in [-0.25, -0.2) is 14.2 Å². The number of nitrogens with one attached hydrogen (secondary N) is 2. The number of anilines is 1. The number of para-hydroxylation sites is 1. The van der Waals surface area contributed by atoms with E-state index in [1.807, 2.05) is 108 Å². The number of ether oxygens (including phenoxy) is 3. The van der Waals surface area contributed by atoms with Crippen LogP contribution in [0.1, 0.15) is 52.0 Å². The molecule has 0 saturated carbocycles. The van der Waals surface area contributed by atoms with Crippen LogP contribution in [0.2, 0.25) is 0 Å². The number of carbonyl (C=O) groups excluding carboxylic acids is 3. The third-order valence-corrected chi connectivity index (χ3v) is 12.3. The molecule has 64 heavy (non-hydrogen) atoms. The Morgan fingerprint density at radius 1 is 0.938 bits per heavy atom. The molecule has 0 aromatic heterocycles. The van der Waals surface area contributed by atoms with Gasteiger partial charge in [-0.2, -0.15) is 0 Å². The van der Waals surface area contributed by atoms with Crippen LogP contribution in [0.4, 0.5) is 10.5 Å². The molecule has 4 heterocycles. The van der Waals surface area contributed by atoms with Crippen molar-refractivity contribution in [2.24, 2.45) is 5.92 Å². The molecule has 0 unspecified atom stereocenters. The second kappa shape index (κ2) is 19.5. The van der Waals surface area contributed by atoms with E-state index < -0.39 is 5.97 Å². The average Bonchev–Trinajstić information content (AvgIpc) is 3.27. The van der Waals surface area contributed by atoms with E-state index in [2.05, 4.69) is 10.6 Å². The van der Waals surface area contributed by atoms with Crippen molar-refractivity contribution in [1.29, 1.82) is 0 Å². The molecule has 3 aromatic rings. The second-order valence-corrected chi connectivity index (χ2v) is 17.3. The van der Waals surface area contributed by atoms with Gasteiger partial charge in [-0.05, 0) is 73.7 Å². The number of amides is 4. The summed E-state index contributed by atoms with van der Waals surface area (Å²) in [5, 5.41) is 18.0. The third kappa shape index (κ3) is 9.85. The lowest BCUT2D eigenvalue weighted by Crippen LogP contribution is -2.64. The van der Waals surface area contributed by atoms with Crippen molar-refractivity contribution < 1.29 is 42.9 Å². The van der Waals surface area contributed by atoms with Crippen molar-refractivity contribution in [2.45, 2.75) is 44.4 Å². The lowest BCUT2D eigenvalue weighted by molar-refractivity contribution is -0.139. The number of carboxylic acids is 1. The number of piperidine rings is 1. The van der Waals surface area contributed by atoms with E-state index in [0.717, 1.165) is 52.6 Å². The summed E-state index contributed by atoms with van der Waals surface area (Å²) in [6, 6.07) is 24.1. The number of aromatic carboxylic acids is 1. The second-order valence-electron chi connectivity index (χ2n) is 17.3. The maximum absolute atomic E-state index is 13.5. The van der Waals surface area contributed by atoms with E-state index in [4.69, 9.17) is 18.6 Å². The molecule has 3 N–H and O–H groups in total. The normalized spacial score (nSPS) is 17.4. The Morgan fingerprint density at radius 2 is 1.77 bits per heavy atom. The van der Waals surface area contributed by atoms with Crippen LogP contribution in [-0.2, 0) is 20.9 Å². The van der Waals surface area contributed by atoms with Gasteiger partial charge in [-0.15, -0.1) is 0 Å². The molecule has 0 spiro atoms. The van der Waals surface area contributed by atoms with Crippen molar-refractivity contribution >= 4 is 40.5 Å². The highest BCUT2D eigenvalue weighted by atomic mass is 16.5. The Hall–Kier alpha value is -6.45. The van der Waals surface area contributed by atoms with Crippen molar-refractivity contribution in [1.82, 2.24) is 25.0 Å². The number of carbonyl (C=O) groups is 4. The summed E-state index contributed by atoms with van der Waals surface area (Å²) in [6.45, 7) is 4.35. The van der Waals surface area contributed by atoms with Crippen LogP contribution in [0.5, 0.6) is 5.75 Å². The first-order chi connectivity index (χ1) is 30.9. The average molecular weight is 874 g/mol. The number of hydrogen-bond acceptors (Lipinski definition) is 9. The minimum atomic E-state index is -1.09. The lowest BCUT2D eigenvalue weighted by atomic mass is 9.89. The standard InChI is InChI=1S/C49H56N6O9/c1-52(2)34-13-16-37-43(23-34)64-44-24-35(53(3)4)14-17-38(44)46(37)39-22-32(12-15-36(39)48(58)59)47(57)50-19-8-5-9-21-62-41-11-7-6-10-33(41)29-61-28-31-25-55(26-31)49(60)54-20-18-42-40(27-54)51-45(56)30-63-42/h6-7,10-17,22-24,31,40,42H,5,8-9,18-21,25-30H2,1-4H3,(H2-,50,51,56,57,58,59)/p+1/t40-,42+/m1/s1. The quantitative estimate of drug-likeness (QED) is 0.0729. The van der Waals surface area contributed by atoms with Gasteiger partial charge in [0.1, 0.15) is 37.8 Å². The predicted octanol–water partition coefficient (Wildman–Crippen LogP) is 5.14. The molecule has 5 aliphatic rings. The van der Waals surface area contributed by atoms with Crippen LogP contribution in [0.15, 0.2) is 83.3 Å². The van der Waals surface area contributed by atoms with E-state index in [-0.39, 0.29) is 48.1 Å². The minimum absolute atomic E-state index is 0.00140. The first-order valence-corrected chi connectivity index (χ1v) is 22.0. The van der Waals surface area contributed by atoms with Gasteiger partial charge in [0.2, 0.25) is 11.3 Å². The largest absolute Gasteiger partial charge is 0.493 e. The number of fused-ring (bicyclic) bond motifs is 3. The van der Waals surface area contributed by atoms with Crippen molar-refractivity contribution in [3.63, 3.8) is 0 Å². The van der Waals surface area contributed by atoms with Crippen molar-refractivity contribution in [3.8, 4) is 28.2 Å². The van der Waals surface area contributed by atoms with Crippen LogP contribution >= 0.6 is 0 Å². The molecule has 3 saturated heterocycles. The summed E-state index contributed by atoms with van der Waals surface area (Å²) in [5.74, 6) is 0.125. The maximum atomic E-state index is 13.5. The molecule has 0 bridgehead atoms. The molecule has 8 rings (SSSR count). The molecule has 0 radical (unpaired) electrons. The maximum Gasteiger partial charge on any atom is 0.336 e. The van der Waals surface area contributed by atoms with E-state index in [0.29, 0.717) is 87.0 Å². The van der Waals surface area contributed by atoms with Crippen LogP contribution < -0.4 is 30.2 Å². The highest BCUT2D eigenvalue weighted by Gasteiger charge is 2.40. The van der Waals surface area contributed by atoms with Gasteiger partial charge < -0.3 is 49.1 Å². The zero-order valence-corrected chi connectivity index (χ0v) is 36.9. The van der Waals surface area contributed by atoms with Gasteiger partial charge in [-0.1, -0.05) is 18.2 Å². The molecule has 15 nitrogen and oxygen atoms in total. The number of unbranched alkanes of at least 4 members (excludes halogenated alkanes) is 2. The summed E-state index contributed by atoms with van der Waals surface area (Å²) in [6.07, 6.45) is 3.04. The zero-order chi connectivity index (χ0) is 44.9. The number of nitrogens with zero attached hydrogens (tertiary/aromatic N) is 4. The summed E-state index contributed by atoms with van der Waals surface area (Å²) in [7, 11) is 7.80. The summed E-state index contributed by atoms with van der Waals surface area (Å²) >= 11 is 0. The highest BCUT2D eigenvalue weighted by Crippen LogP contribution is 2.42. The van der Waals surface area contributed by atoms with Gasteiger partial charge in [0.25, 0.3) is 5.91 Å². The molecule has 4 amide bonds. The third-order valence-electron chi connectivity index (χ3n) is 12.3. The Kier molecular flexibility index (Phi) is 13.5. The fraction of sp³-hybridized carbons (Fsp3) is 0.408. The SMILES string of the molecule is CN(C)c1ccc2c(-c3cc(C(=O)NCCCCCOc4ccccc4COCC4CN(C(=O)N5CC[C@@H]6OCC(=O)N[C@@H]6C5)C4)ccc3C(=O)O)c3ccc(=[N+](C)C)cc-3oc2c1. The van der Waals surface area contributed by atoms with Crippen LogP contribution in [-0.4, -0.2) is 132 Å². The Morgan fingerprint density at radius 3 is 2.56 bits per heavy atom. The molecule has 2 atom stereocenters. The molecule has 1 aliphatic carbocycles. The van der Waals surface area contributed by atoms with E-state index in [1.165, 1.54) is 6.07 Å². The smallest absolute Gasteiger partial charge is 0.336 e. The van der Waals surface area contributed by atoms with Crippen LogP contribution in [0, 0.1) is 5.92 Å². The molecular weight excluding hydrogens is 817 g/mol. The first kappa shape index (κ1) is 44.2. The lowest BCUT2D eigenvalue weighted by Gasteiger charge is -2.46. The fourth-order valence-corrected chi connectivity index (χ4v) is 8.69. The number of carboxylic acid groups (broad SMARTS) is 1. The molecule has 3 fully saturated rings. The highest BCUT2D eigenvalue weighted by molar-refractivity contribution is 6.09. The number of benzene rings is 4. The summed E-state index contributed by atoms with van der Waals surface area (Å²) in [4.78, 5) is 56.7. The number of morpholine rings is 1. The Balaban J connectivity index is 0.809. The Labute approximate surface area is 372 Å².